The number of nitrogens with zero attached hydrogens (tertiary/aromatic N) is 2. The average Bonchev–Trinajstić information content (AvgIpc) is 2.57. The fourth-order valence-corrected chi connectivity index (χ4v) is 2.88. The molecule has 3 N–H and O–H groups in total. The molecule has 3 heterocycles. The Labute approximate surface area is 108 Å². The standard InChI is InChI=1S/C13H23N5/c1-9-12(10-7-15-8-10)17-18(2)13(9)16-11-3-5-14-6-4-11/h10-11,14-16H,3-8H2,1-2H3. The molecule has 1 aromatic heterocycles. The van der Waals surface area contributed by atoms with E-state index in [1.807, 2.05) is 11.7 Å². The summed E-state index contributed by atoms with van der Waals surface area (Å²) in [5.74, 6) is 1.82. The predicted octanol–water partition coefficient (Wildman–Crippen LogP) is 0.579. The van der Waals surface area contributed by atoms with Gasteiger partial charge in [0.25, 0.3) is 0 Å². The number of hydrogen-bond donors (Lipinski definition) is 3. The van der Waals surface area contributed by atoms with Crippen LogP contribution in [0, 0.1) is 6.92 Å². The van der Waals surface area contributed by atoms with Gasteiger partial charge in [0.15, 0.2) is 0 Å². The van der Waals surface area contributed by atoms with E-state index in [9.17, 15) is 0 Å². The molecule has 0 amide bonds. The van der Waals surface area contributed by atoms with E-state index in [1.165, 1.54) is 29.9 Å². The van der Waals surface area contributed by atoms with Crippen LogP contribution in [0.5, 0.6) is 0 Å². The highest BCUT2D eigenvalue weighted by atomic mass is 15.3. The van der Waals surface area contributed by atoms with Gasteiger partial charge in [-0.2, -0.15) is 5.10 Å². The molecule has 2 aliphatic rings. The second kappa shape index (κ2) is 4.90. The molecule has 2 fully saturated rings. The van der Waals surface area contributed by atoms with Gasteiger partial charge in [-0.05, 0) is 32.9 Å². The summed E-state index contributed by atoms with van der Waals surface area (Å²) < 4.78 is 2.02. The zero-order chi connectivity index (χ0) is 12.5. The van der Waals surface area contributed by atoms with Gasteiger partial charge in [0.1, 0.15) is 5.82 Å². The Balaban J connectivity index is 1.76. The minimum Gasteiger partial charge on any atom is -0.367 e. The third-order valence-electron chi connectivity index (χ3n) is 4.17. The van der Waals surface area contributed by atoms with Gasteiger partial charge in [0.05, 0.1) is 5.69 Å². The molecule has 0 saturated carbocycles. The largest absolute Gasteiger partial charge is 0.367 e. The summed E-state index contributed by atoms with van der Waals surface area (Å²) in [4.78, 5) is 0. The molecule has 0 aliphatic carbocycles. The quantitative estimate of drug-likeness (QED) is 0.733. The fraction of sp³-hybridized carbons (Fsp3) is 0.769. The molecular weight excluding hydrogens is 226 g/mol. The lowest BCUT2D eigenvalue weighted by Gasteiger charge is -2.26. The summed E-state index contributed by atoms with van der Waals surface area (Å²) in [6.45, 7) is 6.58. The van der Waals surface area contributed by atoms with Crippen LogP contribution in [0.15, 0.2) is 0 Å². The van der Waals surface area contributed by atoms with Crippen LogP contribution >= 0.6 is 0 Å². The Morgan fingerprint density at radius 3 is 2.56 bits per heavy atom. The van der Waals surface area contributed by atoms with E-state index in [0.717, 1.165) is 26.2 Å². The maximum Gasteiger partial charge on any atom is 0.127 e. The lowest BCUT2D eigenvalue weighted by molar-refractivity contribution is 0.434. The highest BCUT2D eigenvalue weighted by Crippen LogP contribution is 2.28. The van der Waals surface area contributed by atoms with E-state index in [4.69, 9.17) is 5.10 Å². The highest BCUT2D eigenvalue weighted by Gasteiger charge is 2.26. The molecule has 0 spiro atoms. The second-order valence-electron chi connectivity index (χ2n) is 5.51. The fourth-order valence-electron chi connectivity index (χ4n) is 2.88. The van der Waals surface area contributed by atoms with Crippen molar-refractivity contribution in [1.82, 2.24) is 20.4 Å². The van der Waals surface area contributed by atoms with Gasteiger partial charge < -0.3 is 16.0 Å². The Morgan fingerprint density at radius 1 is 1.22 bits per heavy atom. The van der Waals surface area contributed by atoms with Gasteiger partial charge in [-0.1, -0.05) is 0 Å². The first-order valence-electron chi connectivity index (χ1n) is 6.97. The number of anilines is 1. The van der Waals surface area contributed by atoms with E-state index in [-0.39, 0.29) is 0 Å². The van der Waals surface area contributed by atoms with Crippen molar-refractivity contribution in [2.24, 2.45) is 7.05 Å². The van der Waals surface area contributed by atoms with E-state index in [2.05, 4.69) is 22.9 Å². The predicted molar refractivity (Wildman–Crippen MR) is 73.1 cm³/mol. The van der Waals surface area contributed by atoms with E-state index in [0.29, 0.717) is 12.0 Å². The molecule has 0 bridgehead atoms. The van der Waals surface area contributed by atoms with Gasteiger partial charge in [0, 0.05) is 37.7 Å². The third kappa shape index (κ3) is 2.12. The molecule has 0 aromatic carbocycles. The number of aryl methyl sites for hydroxylation is 1. The van der Waals surface area contributed by atoms with E-state index in [1.54, 1.807) is 0 Å². The van der Waals surface area contributed by atoms with Crippen molar-refractivity contribution in [3.05, 3.63) is 11.3 Å². The smallest absolute Gasteiger partial charge is 0.127 e. The van der Waals surface area contributed by atoms with Crippen LogP contribution in [0.25, 0.3) is 0 Å². The molecule has 100 valence electrons. The second-order valence-corrected chi connectivity index (χ2v) is 5.51. The summed E-state index contributed by atoms with van der Waals surface area (Å²) in [6, 6.07) is 0.590. The Bertz CT molecular complexity index is 415. The summed E-state index contributed by atoms with van der Waals surface area (Å²) in [6.07, 6.45) is 2.40. The number of aromatic nitrogens is 2. The third-order valence-corrected chi connectivity index (χ3v) is 4.17. The Hall–Kier alpha value is -1.07. The molecule has 0 atom stereocenters. The van der Waals surface area contributed by atoms with Crippen LogP contribution in [-0.2, 0) is 7.05 Å². The molecule has 5 heteroatoms. The van der Waals surface area contributed by atoms with Crippen LogP contribution in [0.3, 0.4) is 0 Å². The van der Waals surface area contributed by atoms with E-state index < -0.39 is 0 Å². The minimum absolute atomic E-state index is 0.590. The van der Waals surface area contributed by atoms with Gasteiger partial charge >= 0.3 is 0 Å². The van der Waals surface area contributed by atoms with Crippen molar-refractivity contribution < 1.29 is 0 Å². The highest BCUT2D eigenvalue weighted by molar-refractivity contribution is 5.49. The molecule has 0 unspecified atom stereocenters. The maximum atomic E-state index is 4.70. The van der Waals surface area contributed by atoms with Crippen LogP contribution in [0.1, 0.15) is 30.0 Å². The normalized spacial score (nSPS) is 21.9. The summed E-state index contributed by atoms with van der Waals surface area (Å²) in [5.41, 5.74) is 2.61. The van der Waals surface area contributed by atoms with Crippen molar-refractivity contribution >= 4 is 5.82 Å². The average molecular weight is 249 g/mol. The van der Waals surface area contributed by atoms with E-state index >= 15 is 0 Å². The Kier molecular flexibility index (Phi) is 3.26. The molecule has 18 heavy (non-hydrogen) atoms. The first-order valence-corrected chi connectivity index (χ1v) is 6.97. The summed E-state index contributed by atoms with van der Waals surface area (Å²) >= 11 is 0. The molecule has 0 radical (unpaired) electrons. The van der Waals surface area contributed by atoms with Crippen molar-refractivity contribution in [3.63, 3.8) is 0 Å². The number of hydrogen-bond acceptors (Lipinski definition) is 4. The number of nitrogens with one attached hydrogen (secondary N) is 3. The molecular formula is C13H23N5. The van der Waals surface area contributed by atoms with Crippen LogP contribution in [0.2, 0.25) is 0 Å². The van der Waals surface area contributed by atoms with Gasteiger partial charge in [-0.25, -0.2) is 0 Å². The number of rotatable bonds is 3. The lowest BCUT2D eigenvalue weighted by Crippen LogP contribution is -2.40. The van der Waals surface area contributed by atoms with Crippen LogP contribution in [0.4, 0.5) is 5.82 Å². The first-order chi connectivity index (χ1) is 8.75. The van der Waals surface area contributed by atoms with Crippen molar-refractivity contribution in [2.45, 2.75) is 31.7 Å². The minimum atomic E-state index is 0.590. The monoisotopic (exact) mass is 249 g/mol. The van der Waals surface area contributed by atoms with Gasteiger partial charge in [-0.3, -0.25) is 4.68 Å². The molecule has 1 aromatic rings. The van der Waals surface area contributed by atoms with Crippen molar-refractivity contribution in [2.75, 3.05) is 31.5 Å². The zero-order valence-corrected chi connectivity index (χ0v) is 11.3. The molecule has 2 saturated heterocycles. The first kappa shape index (κ1) is 12.0. The lowest BCUT2D eigenvalue weighted by atomic mass is 9.96. The summed E-state index contributed by atoms with van der Waals surface area (Å²) in [5, 5.41) is 15.1. The SMILES string of the molecule is Cc1c(C2CNC2)nn(C)c1NC1CCNCC1. The molecule has 5 nitrogen and oxygen atoms in total. The van der Waals surface area contributed by atoms with Crippen molar-refractivity contribution in [3.8, 4) is 0 Å². The summed E-state index contributed by atoms with van der Waals surface area (Å²) in [7, 11) is 2.05. The van der Waals surface area contributed by atoms with Gasteiger partial charge in [-0.15, -0.1) is 0 Å². The van der Waals surface area contributed by atoms with Crippen molar-refractivity contribution in [1.29, 1.82) is 0 Å². The Morgan fingerprint density at radius 2 is 1.94 bits per heavy atom. The molecule has 2 aliphatic heterocycles. The van der Waals surface area contributed by atoms with Crippen LogP contribution in [-0.4, -0.2) is 42.0 Å². The maximum absolute atomic E-state index is 4.70. The number of piperidine rings is 1. The van der Waals surface area contributed by atoms with Gasteiger partial charge in [0.2, 0.25) is 0 Å². The molecule has 3 rings (SSSR count). The zero-order valence-electron chi connectivity index (χ0n) is 11.3. The topological polar surface area (TPSA) is 53.9 Å². The van der Waals surface area contributed by atoms with Crippen LogP contribution < -0.4 is 16.0 Å².